The first-order chi connectivity index (χ1) is 68.8. The summed E-state index contributed by atoms with van der Waals surface area (Å²) in [4.78, 5) is 39.9. The number of carbonyl (C=O) groups is 2. The summed E-state index contributed by atoms with van der Waals surface area (Å²) in [7, 11) is 0. The summed E-state index contributed by atoms with van der Waals surface area (Å²) in [6.07, 6.45) is 3.60. The maximum absolute atomic E-state index is 13.7. The second-order valence-corrected chi connectivity index (χ2v) is 41.0. The van der Waals surface area contributed by atoms with Crippen LogP contribution in [-0.4, -0.2) is 202 Å². The summed E-state index contributed by atoms with van der Waals surface area (Å²) in [6, 6.07) is 78.1. The largest absolute Gasteiger partial charge is 0.508 e. The quantitative estimate of drug-likeness (QED) is 0.0144. The van der Waals surface area contributed by atoms with Gasteiger partial charge in [0.2, 0.25) is 0 Å². The van der Waals surface area contributed by atoms with Crippen LogP contribution in [-0.2, 0) is 0 Å². The second-order valence-electron chi connectivity index (χ2n) is 36.8. The first-order valence-corrected chi connectivity index (χ1v) is 50.9. The average molecular weight is 2000 g/mol. The summed E-state index contributed by atoms with van der Waals surface area (Å²) >= 11 is 6.00. The number of halogens is 4. The summed E-state index contributed by atoms with van der Waals surface area (Å²) < 4.78 is 91.8. The van der Waals surface area contributed by atoms with Gasteiger partial charge in [-0.25, -0.2) is 0 Å². The number of alkyl halides is 4. The average Bonchev–Trinajstić information content (AvgIpc) is 1.62. The van der Waals surface area contributed by atoms with E-state index in [4.69, 9.17) is 28.4 Å². The number of ether oxygens (including phenoxy) is 6. The number of fused-ring (bicyclic) bond motifs is 4. The van der Waals surface area contributed by atoms with E-state index in [-0.39, 0.29) is 132 Å². The standard InChI is InChI=1S/2C29H28FNO4S.2C28H28FNO4S/c1-18(31-13-12-19(15-30)16-31)17-35-24-9-4-20(5-10-24)28(34)27-25-14-23(33)8-11-26(25)36-29(27)21-2-6-22(32)7-3-21;1-18(31-13-12-19(15-30)16-31)17-35-24-9-4-20(5-10-24)28(34)27-25-11-8-23(33)14-26(25)36-29(27)21-2-6-22(32)7-3-21;1-18(30-13-12-19(15-29)16-30)17-33-23-7-9-24(10-8-23)34-27-25-14-22(32)6-11-26(25)35-28(27)20-2-4-21(31)5-3-20;1-18(30-13-12-19(15-29)16-30)17-33-23-7-9-24(10-8-23)34-27-25-11-6-22(32)14-26(25)35-28(27)20-2-4-21(31)5-3-20/h2*2-11,14,18-19,32-33H,12-13,15-17H2,1H3;2*2-11,14,18-19,31-32H,12-13,15-17H2,1H3/t4*18-,19-/m0000/s1. The number of ketones is 2. The normalized spacial score (nSPS) is 17.0. The highest BCUT2D eigenvalue weighted by Crippen LogP contribution is 2.51. The fraction of sp³-hybridized carbons (Fsp3) is 0.281. The summed E-state index contributed by atoms with van der Waals surface area (Å²) in [5.74, 6) is 7.14. The molecule has 28 heteroatoms. The number of thiophene rings is 4. The van der Waals surface area contributed by atoms with Crippen LogP contribution < -0.4 is 28.4 Å². The van der Waals surface area contributed by atoms with Gasteiger partial charge in [-0.05, 0) is 369 Å². The van der Waals surface area contributed by atoms with Gasteiger partial charge in [-0.2, -0.15) is 0 Å². The van der Waals surface area contributed by atoms with Gasteiger partial charge in [0, 0.05) is 146 Å². The Bertz CT molecular complexity index is 6890. The molecule has 0 radical (unpaired) electrons. The van der Waals surface area contributed by atoms with Gasteiger partial charge in [0.15, 0.2) is 23.1 Å². The van der Waals surface area contributed by atoms with Crippen molar-refractivity contribution in [3.63, 3.8) is 0 Å². The van der Waals surface area contributed by atoms with Crippen LogP contribution in [0.3, 0.4) is 0 Å². The van der Waals surface area contributed by atoms with Crippen molar-refractivity contribution in [3.8, 4) is 134 Å². The fourth-order valence-electron chi connectivity index (χ4n) is 18.2. The number of aromatic hydroxyl groups is 8. The van der Waals surface area contributed by atoms with Crippen LogP contribution in [0.5, 0.6) is 92.0 Å². The lowest BCUT2D eigenvalue weighted by atomic mass is 9.97. The molecule has 4 aromatic heterocycles. The van der Waals surface area contributed by atoms with E-state index in [0.717, 1.165) is 166 Å². The van der Waals surface area contributed by atoms with Crippen molar-refractivity contribution in [3.05, 3.63) is 289 Å². The maximum Gasteiger partial charge on any atom is 0.195 e. The number of rotatable bonds is 32. The van der Waals surface area contributed by atoms with E-state index in [1.54, 1.807) is 187 Å². The zero-order valence-electron chi connectivity index (χ0n) is 78.9. The van der Waals surface area contributed by atoms with Crippen molar-refractivity contribution in [1.29, 1.82) is 0 Å². The zero-order chi connectivity index (χ0) is 99.2. The van der Waals surface area contributed by atoms with Gasteiger partial charge in [-0.15, -0.1) is 45.3 Å². The molecule has 0 aliphatic carbocycles. The van der Waals surface area contributed by atoms with E-state index in [2.05, 4.69) is 47.3 Å². The van der Waals surface area contributed by atoms with Crippen LogP contribution in [0.2, 0.25) is 0 Å². The van der Waals surface area contributed by atoms with E-state index >= 15 is 0 Å². The van der Waals surface area contributed by atoms with Crippen molar-refractivity contribution in [1.82, 2.24) is 19.6 Å². The lowest BCUT2D eigenvalue weighted by Crippen LogP contribution is -2.35. The number of benzene rings is 12. The minimum absolute atomic E-state index is 0.0975. The highest BCUT2D eigenvalue weighted by Gasteiger charge is 2.33. The minimum Gasteiger partial charge on any atom is -0.508 e. The Hall–Kier alpha value is -13.4. The number of carbonyl (C=O) groups excluding carboxylic acids is 2. The second kappa shape index (κ2) is 46.1. The topological polar surface area (TPSA) is 264 Å². The van der Waals surface area contributed by atoms with Gasteiger partial charge >= 0.3 is 0 Å². The number of hydrogen-bond acceptors (Lipinski definition) is 24. The molecule has 8 N–H and O–H groups in total. The summed E-state index contributed by atoms with van der Waals surface area (Å²) in [5.41, 5.74) is 5.63. The van der Waals surface area contributed by atoms with Gasteiger partial charge < -0.3 is 69.3 Å². The van der Waals surface area contributed by atoms with Crippen molar-refractivity contribution in [2.75, 3.05) is 105 Å². The molecule has 4 aliphatic heterocycles. The van der Waals surface area contributed by atoms with E-state index in [0.29, 0.717) is 88.6 Å². The SMILES string of the molecule is C[C@@H](COc1ccc(C(=O)c2c(-c3ccc(O)cc3)sc3cc(O)ccc23)cc1)N1CC[C@@H](CF)C1.C[C@@H](COc1ccc(C(=O)c2c(-c3ccc(O)cc3)sc3ccc(O)cc23)cc1)N1CC[C@@H](CF)C1.C[C@@H](COc1ccc(Oc2c(-c3ccc(O)cc3)sc3cc(O)ccc23)cc1)N1CC[C@@H](CF)C1.C[C@@H](COc1ccc(Oc2c(-c3ccc(O)cc3)sc3ccc(O)cc23)cc1)N1CC[C@@H](CF)C1. The molecule has 8 heterocycles. The molecule has 16 aromatic rings. The number of nitrogens with zero attached hydrogens (tertiary/aromatic N) is 4. The predicted molar refractivity (Wildman–Crippen MR) is 558 cm³/mol. The van der Waals surface area contributed by atoms with Crippen molar-refractivity contribution in [2.24, 2.45) is 23.7 Å². The third-order valence-corrected chi connectivity index (χ3v) is 31.3. The Kier molecular flexibility index (Phi) is 32.5. The molecular weight excluding hydrogens is 1890 g/mol. The summed E-state index contributed by atoms with van der Waals surface area (Å²) in [6.45, 7) is 16.2. The third kappa shape index (κ3) is 24.3. The van der Waals surface area contributed by atoms with E-state index in [9.17, 15) is 68.0 Å². The Morgan fingerprint density at radius 2 is 0.542 bits per heavy atom. The van der Waals surface area contributed by atoms with Crippen molar-refractivity contribution in [2.45, 2.75) is 77.5 Å². The molecule has 4 aliphatic rings. The van der Waals surface area contributed by atoms with Crippen LogP contribution in [0.1, 0.15) is 85.2 Å². The Balaban J connectivity index is 0.000000130. The highest BCUT2D eigenvalue weighted by atomic mass is 32.1. The molecule has 4 fully saturated rings. The van der Waals surface area contributed by atoms with Gasteiger partial charge in [0.05, 0.1) is 36.5 Å². The lowest BCUT2D eigenvalue weighted by Gasteiger charge is -2.24. The molecule has 20 rings (SSSR count). The maximum atomic E-state index is 13.7. The fourth-order valence-corrected chi connectivity index (χ4v) is 22.9. The molecular formula is C114H112F4N4O16S4. The van der Waals surface area contributed by atoms with Crippen molar-refractivity contribution >= 4 is 97.3 Å². The van der Waals surface area contributed by atoms with Gasteiger partial charge in [-0.1, -0.05) is 0 Å². The smallest absolute Gasteiger partial charge is 0.195 e. The third-order valence-electron chi connectivity index (χ3n) is 26.5. The highest BCUT2D eigenvalue weighted by molar-refractivity contribution is 7.24. The number of likely N-dealkylation sites (tertiary alicyclic amines) is 4. The predicted octanol–water partition coefficient (Wildman–Crippen LogP) is 26.2. The Morgan fingerprint density at radius 3 is 0.887 bits per heavy atom. The zero-order valence-corrected chi connectivity index (χ0v) is 82.2. The molecule has 4 saturated heterocycles. The Labute approximate surface area is 837 Å². The van der Waals surface area contributed by atoms with Gasteiger partial charge in [0.25, 0.3) is 0 Å². The van der Waals surface area contributed by atoms with Gasteiger partial charge in [0.1, 0.15) is 107 Å². The number of hydrogen-bond donors (Lipinski definition) is 8. The lowest BCUT2D eigenvalue weighted by molar-refractivity contribution is 0.103. The molecule has 0 unspecified atom stereocenters. The Morgan fingerprint density at radius 1 is 0.289 bits per heavy atom. The van der Waals surface area contributed by atoms with E-state index < -0.39 is 0 Å². The minimum atomic E-state index is -0.271. The van der Waals surface area contributed by atoms with Crippen LogP contribution in [0.4, 0.5) is 17.6 Å². The van der Waals surface area contributed by atoms with Crippen LogP contribution in [0, 0.1) is 23.7 Å². The summed E-state index contributed by atoms with van der Waals surface area (Å²) in [5, 5.41) is 82.0. The molecule has 0 spiro atoms. The number of phenolic OH excluding ortho intramolecular Hbond substituents is 8. The van der Waals surface area contributed by atoms with E-state index in [1.165, 1.54) is 34.0 Å². The van der Waals surface area contributed by atoms with Crippen LogP contribution in [0.15, 0.2) is 267 Å². The molecule has 142 heavy (non-hydrogen) atoms. The molecule has 0 saturated carbocycles. The molecule has 0 amide bonds. The van der Waals surface area contributed by atoms with Gasteiger partial charge in [-0.3, -0.25) is 46.8 Å². The molecule has 8 atom stereocenters. The first-order valence-electron chi connectivity index (χ1n) is 47.6. The molecule has 20 nitrogen and oxygen atoms in total. The molecule has 0 bridgehead atoms. The molecule has 736 valence electrons. The van der Waals surface area contributed by atoms with Crippen molar-refractivity contribution < 1.29 is 96.4 Å². The van der Waals surface area contributed by atoms with E-state index in [1.807, 2.05) is 91.0 Å². The van der Waals surface area contributed by atoms with Crippen LogP contribution >= 0.6 is 45.3 Å². The first kappa shape index (κ1) is 100. The number of phenols is 8. The van der Waals surface area contributed by atoms with Crippen LogP contribution in [0.25, 0.3) is 82.1 Å². The monoisotopic (exact) mass is 2000 g/mol. The molecule has 12 aromatic carbocycles.